The van der Waals surface area contributed by atoms with Gasteiger partial charge in [-0.15, -0.1) is 0 Å². The average Bonchev–Trinajstić information content (AvgIpc) is 2.72. The van der Waals surface area contributed by atoms with Crippen LogP contribution in [0.15, 0.2) is 12.7 Å². The monoisotopic (exact) mass is 394 g/mol. The van der Waals surface area contributed by atoms with Crippen LogP contribution in [0, 0.1) is 17.8 Å². The lowest BCUT2D eigenvalue weighted by Crippen LogP contribution is -2.62. The van der Waals surface area contributed by atoms with Crippen molar-refractivity contribution in [3.05, 3.63) is 12.7 Å². The van der Waals surface area contributed by atoms with E-state index in [9.17, 15) is 9.59 Å². The van der Waals surface area contributed by atoms with Crippen LogP contribution in [0.4, 0.5) is 0 Å². The fourth-order valence-corrected chi connectivity index (χ4v) is 6.71. The van der Waals surface area contributed by atoms with E-state index in [2.05, 4.69) is 40.4 Å². The van der Waals surface area contributed by atoms with E-state index in [-0.39, 0.29) is 40.8 Å². The maximum atomic E-state index is 12.7. The number of carbonyl (C=O) groups excluding carboxylic acids is 2. The Labute approximate surface area is 163 Å². The van der Waals surface area contributed by atoms with E-state index in [1.807, 2.05) is 6.92 Å². The van der Waals surface area contributed by atoms with Crippen LogP contribution >= 0.6 is 0 Å². The third-order valence-electron chi connectivity index (χ3n) is 7.48. The normalized spacial score (nSPS) is 41.1. The molecule has 27 heavy (non-hydrogen) atoms. The van der Waals surface area contributed by atoms with Gasteiger partial charge in [-0.3, -0.25) is 9.59 Å². The summed E-state index contributed by atoms with van der Waals surface area (Å²) in [5, 5.41) is 0.0793. The summed E-state index contributed by atoms with van der Waals surface area (Å²) in [4.78, 5) is 24.6. The number of esters is 2. The average molecular weight is 395 g/mol. The van der Waals surface area contributed by atoms with Crippen LogP contribution < -0.4 is 0 Å². The molecule has 0 amide bonds. The minimum atomic E-state index is -2.02. The van der Waals surface area contributed by atoms with Crippen molar-refractivity contribution < 1.29 is 23.5 Å². The Morgan fingerprint density at radius 1 is 1.37 bits per heavy atom. The lowest BCUT2D eigenvalue weighted by Gasteiger charge is -2.54. The molecule has 4 bridgehead atoms. The van der Waals surface area contributed by atoms with Crippen molar-refractivity contribution in [2.24, 2.45) is 17.8 Å². The molecule has 0 aromatic rings. The second kappa shape index (κ2) is 6.18. The van der Waals surface area contributed by atoms with Crippen molar-refractivity contribution >= 4 is 20.3 Å². The van der Waals surface area contributed by atoms with Gasteiger partial charge in [0.15, 0.2) is 8.32 Å². The van der Waals surface area contributed by atoms with Gasteiger partial charge in [-0.25, -0.2) is 0 Å². The number of carbonyl (C=O) groups is 2. The van der Waals surface area contributed by atoms with Gasteiger partial charge in [-0.1, -0.05) is 27.4 Å². The Hall–Kier alpha value is -1.14. The Kier molecular flexibility index (Phi) is 4.71. The smallest absolute Gasteiger partial charge is 0.309 e. The SMILES string of the molecule is C=C[C@@]1(OC(C)=O)CC[C@@H]2C(=O)O[C@@]3(C)C[C@@H](O[Si](C)(C)C(C)(C)C)[C@@H]2[C@@H]13. The van der Waals surface area contributed by atoms with Crippen molar-refractivity contribution in [1.82, 2.24) is 0 Å². The second-order valence-corrected chi connectivity index (χ2v) is 15.1. The molecule has 0 spiro atoms. The summed E-state index contributed by atoms with van der Waals surface area (Å²) in [6.45, 7) is 18.5. The molecule has 0 aromatic heterocycles. The molecule has 1 saturated heterocycles. The number of hydrogen-bond acceptors (Lipinski definition) is 5. The molecule has 0 aromatic carbocycles. The third-order valence-corrected chi connectivity index (χ3v) is 12.0. The fourth-order valence-electron chi connectivity index (χ4n) is 5.36. The molecule has 152 valence electrons. The first-order chi connectivity index (χ1) is 12.3. The highest BCUT2D eigenvalue weighted by Crippen LogP contribution is 2.62. The van der Waals surface area contributed by atoms with Crippen molar-refractivity contribution in [3.63, 3.8) is 0 Å². The van der Waals surface area contributed by atoms with Gasteiger partial charge in [0.1, 0.15) is 11.2 Å². The van der Waals surface area contributed by atoms with Gasteiger partial charge in [-0.2, -0.15) is 0 Å². The molecule has 1 aliphatic heterocycles. The molecule has 2 saturated carbocycles. The molecule has 3 rings (SSSR count). The molecule has 3 fully saturated rings. The van der Waals surface area contributed by atoms with Gasteiger partial charge in [0, 0.05) is 25.2 Å². The molecule has 3 aliphatic rings. The number of hydrogen-bond donors (Lipinski definition) is 0. The standard InChI is InChI=1S/C21H34O5Si/c1-9-21(24-13(2)22)11-10-14-16-15(26-27(7,8)19(3,4)5)12-20(6,17(16)21)25-18(14)23/h9,14-17H,1,10-12H2,2-8H3/t14-,15+,16+,17+,20-,21+/m0/s1. The van der Waals surface area contributed by atoms with Crippen LogP contribution in [0.5, 0.6) is 0 Å². The summed E-state index contributed by atoms with van der Waals surface area (Å²) in [5.74, 6) is -0.756. The van der Waals surface area contributed by atoms with Gasteiger partial charge in [0.25, 0.3) is 0 Å². The van der Waals surface area contributed by atoms with Gasteiger partial charge in [0.05, 0.1) is 12.0 Å². The highest BCUT2D eigenvalue weighted by atomic mass is 28.4. The van der Waals surface area contributed by atoms with E-state index in [0.717, 1.165) is 0 Å². The number of rotatable bonds is 4. The summed E-state index contributed by atoms with van der Waals surface area (Å²) >= 11 is 0. The van der Waals surface area contributed by atoms with Crippen LogP contribution in [-0.2, 0) is 23.5 Å². The molecular weight excluding hydrogens is 360 g/mol. The van der Waals surface area contributed by atoms with E-state index in [1.165, 1.54) is 6.92 Å². The predicted molar refractivity (Wildman–Crippen MR) is 106 cm³/mol. The van der Waals surface area contributed by atoms with Crippen molar-refractivity contribution in [1.29, 1.82) is 0 Å². The zero-order chi connectivity index (χ0) is 20.4. The molecule has 0 N–H and O–H groups in total. The molecule has 1 heterocycles. The minimum Gasteiger partial charge on any atom is -0.459 e. The number of ether oxygens (including phenoxy) is 2. The predicted octanol–water partition coefficient (Wildman–Crippen LogP) is 4.23. The van der Waals surface area contributed by atoms with Crippen LogP contribution in [0.25, 0.3) is 0 Å². The maximum absolute atomic E-state index is 12.7. The third kappa shape index (κ3) is 3.09. The summed E-state index contributed by atoms with van der Waals surface area (Å²) in [6, 6.07) is 0. The summed E-state index contributed by atoms with van der Waals surface area (Å²) < 4.78 is 18.6. The summed E-state index contributed by atoms with van der Waals surface area (Å²) in [7, 11) is -2.02. The van der Waals surface area contributed by atoms with E-state index >= 15 is 0 Å². The van der Waals surface area contributed by atoms with Crippen molar-refractivity contribution in [3.8, 4) is 0 Å². The van der Waals surface area contributed by atoms with Gasteiger partial charge < -0.3 is 13.9 Å². The molecule has 6 atom stereocenters. The van der Waals surface area contributed by atoms with E-state index in [0.29, 0.717) is 19.3 Å². The quantitative estimate of drug-likeness (QED) is 0.406. The Balaban J connectivity index is 2.03. The van der Waals surface area contributed by atoms with Gasteiger partial charge >= 0.3 is 11.9 Å². The molecule has 5 nitrogen and oxygen atoms in total. The zero-order valence-corrected chi connectivity index (χ0v) is 18.8. The molecule has 6 heteroatoms. The first-order valence-electron chi connectivity index (χ1n) is 10.0. The first-order valence-corrected chi connectivity index (χ1v) is 12.9. The Bertz CT molecular complexity index is 666. The van der Waals surface area contributed by atoms with Crippen molar-refractivity contribution in [2.75, 3.05) is 0 Å². The highest BCUT2D eigenvalue weighted by Gasteiger charge is 2.71. The van der Waals surface area contributed by atoms with E-state index < -0.39 is 19.5 Å². The highest BCUT2D eigenvalue weighted by molar-refractivity contribution is 6.74. The lowest BCUT2D eigenvalue weighted by molar-refractivity contribution is -0.218. The van der Waals surface area contributed by atoms with Crippen LogP contribution in [0.2, 0.25) is 18.1 Å². The van der Waals surface area contributed by atoms with E-state index in [1.54, 1.807) is 6.08 Å². The van der Waals surface area contributed by atoms with Crippen LogP contribution in [0.3, 0.4) is 0 Å². The maximum Gasteiger partial charge on any atom is 0.309 e. The topological polar surface area (TPSA) is 61.8 Å². The minimum absolute atomic E-state index is 0.00326. The van der Waals surface area contributed by atoms with Gasteiger partial charge in [0.2, 0.25) is 0 Å². The van der Waals surface area contributed by atoms with E-state index in [4.69, 9.17) is 13.9 Å². The summed E-state index contributed by atoms with van der Waals surface area (Å²) in [6.07, 6.45) is 3.58. The largest absolute Gasteiger partial charge is 0.459 e. The zero-order valence-electron chi connectivity index (χ0n) is 17.8. The molecule has 0 radical (unpaired) electrons. The summed E-state index contributed by atoms with van der Waals surface area (Å²) in [5.41, 5.74) is -1.50. The molecular formula is C21H34O5Si. The van der Waals surface area contributed by atoms with Gasteiger partial charge in [-0.05, 0) is 44.0 Å². The van der Waals surface area contributed by atoms with Crippen molar-refractivity contribution in [2.45, 2.75) is 89.3 Å². The lowest BCUT2D eigenvalue weighted by atomic mass is 9.60. The van der Waals surface area contributed by atoms with Crippen LogP contribution in [0.1, 0.15) is 53.9 Å². The molecule has 0 unspecified atom stereocenters. The first kappa shape index (κ1) is 20.6. The molecule has 2 aliphatic carbocycles. The Morgan fingerprint density at radius 3 is 2.52 bits per heavy atom. The fraction of sp³-hybridized carbons (Fsp3) is 0.810. The second-order valence-electron chi connectivity index (χ2n) is 10.3. The Morgan fingerprint density at radius 2 is 2.00 bits per heavy atom. The van der Waals surface area contributed by atoms with Crippen LogP contribution in [-0.4, -0.2) is 37.6 Å².